The van der Waals surface area contributed by atoms with Gasteiger partial charge >= 0.3 is 0 Å². The Balaban J connectivity index is 1.46. The quantitative estimate of drug-likeness (QED) is 0.717. The van der Waals surface area contributed by atoms with Crippen molar-refractivity contribution in [3.63, 3.8) is 0 Å². The van der Waals surface area contributed by atoms with Crippen molar-refractivity contribution in [3.8, 4) is 0 Å². The van der Waals surface area contributed by atoms with E-state index in [-0.39, 0.29) is 11.8 Å². The zero-order valence-electron chi connectivity index (χ0n) is 15.4. The van der Waals surface area contributed by atoms with E-state index in [1.54, 1.807) is 0 Å². The second kappa shape index (κ2) is 7.31. The topological polar surface area (TPSA) is 58.7 Å². The van der Waals surface area contributed by atoms with E-state index in [1.807, 2.05) is 70.1 Å². The van der Waals surface area contributed by atoms with Crippen LogP contribution in [0.5, 0.6) is 0 Å². The van der Waals surface area contributed by atoms with Gasteiger partial charge < -0.3 is 18.8 Å². The minimum Gasteiger partial charge on any atom is -0.461 e. The normalized spacial score (nSPS) is 15.1. The third kappa shape index (κ3) is 3.60. The zero-order chi connectivity index (χ0) is 18.8. The molecule has 1 aromatic carbocycles. The summed E-state index contributed by atoms with van der Waals surface area (Å²) < 4.78 is 7.62. The van der Waals surface area contributed by atoms with Crippen molar-refractivity contribution < 1.29 is 14.0 Å². The van der Waals surface area contributed by atoms with Crippen LogP contribution in [-0.2, 0) is 11.3 Å². The van der Waals surface area contributed by atoms with E-state index in [0.29, 0.717) is 43.9 Å². The van der Waals surface area contributed by atoms with Crippen LogP contribution in [0.1, 0.15) is 22.5 Å². The molecule has 0 spiro atoms. The molecule has 1 aliphatic rings. The molecule has 1 saturated heterocycles. The number of rotatable bonds is 3. The highest BCUT2D eigenvalue weighted by molar-refractivity contribution is 6.05. The smallest absolute Gasteiger partial charge is 0.257 e. The van der Waals surface area contributed by atoms with Crippen molar-refractivity contribution >= 4 is 22.8 Å². The maximum atomic E-state index is 13.1. The Morgan fingerprint density at radius 3 is 2.56 bits per heavy atom. The summed E-state index contributed by atoms with van der Waals surface area (Å²) in [5, 5.41) is 0.941. The molecule has 0 N–H and O–H groups in total. The Labute approximate surface area is 158 Å². The van der Waals surface area contributed by atoms with Crippen LogP contribution in [0.25, 0.3) is 11.0 Å². The first-order valence-corrected chi connectivity index (χ1v) is 9.29. The number of amides is 2. The Kier molecular flexibility index (Phi) is 4.71. The molecule has 3 heterocycles. The van der Waals surface area contributed by atoms with E-state index in [9.17, 15) is 9.59 Å². The lowest BCUT2D eigenvalue weighted by Crippen LogP contribution is -2.38. The van der Waals surface area contributed by atoms with Crippen molar-refractivity contribution in [2.75, 3.05) is 26.2 Å². The lowest BCUT2D eigenvalue weighted by atomic mass is 10.1. The molecule has 4 rings (SSSR count). The molecule has 2 aromatic heterocycles. The summed E-state index contributed by atoms with van der Waals surface area (Å²) >= 11 is 0. The number of aromatic nitrogens is 1. The van der Waals surface area contributed by atoms with Gasteiger partial charge in [0.25, 0.3) is 5.91 Å². The molecular weight excluding hydrogens is 342 g/mol. The average molecular weight is 365 g/mol. The van der Waals surface area contributed by atoms with Crippen LogP contribution in [-0.4, -0.2) is 52.4 Å². The molecule has 0 radical (unpaired) electrons. The van der Waals surface area contributed by atoms with E-state index in [4.69, 9.17) is 4.42 Å². The third-order valence-corrected chi connectivity index (χ3v) is 5.02. The van der Waals surface area contributed by atoms with Gasteiger partial charge in [0.05, 0.1) is 5.56 Å². The summed E-state index contributed by atoms with van der Waals surface area (Å²) in [6.07, 6.45) is 4.55. The zero-order valence-corrected chi connectivity index (χ0v) is 15.4. The standard InChI is InChI=1S/C21H23N3O3/c1-16-14-17-6-4-7-18(20(17)27-16)21(26)24-11-5-10-23(12-13-24)19(25)15-22-8-2-3-9-22/h2-4,6-9,14H,5,10-13,15H2,1H3. The van der Waals surface area contributed by atoms with Gasteiger partial charge in [0.2, 0.25) is 5.91 Å². The summed E-state index contributed by atoms with van der Waals surface area (Å²) in [6, 6.07) is 11.4. The summed E-state index contributed by atoms with van der Waals surface area (Å²) in [5.41, 5.74) is 1.23. The van der Waals surface area contributed by atoms with Crippen molar-refractivity contribution in [1.29, 1.82) is 0 Å². The van der Waals surface area contributed by atoms with Crippen LogP contribution in [0.15, 0.2) is 53.2 Å². The molecule has 6 nitrogen and oxygen atoms in total. The highest BCUT2D eigenvalue weighted by Crippen LogP contribution is 2.24. The monoisotopic (exact) mass is 365 g/mol. The molecule has 0 unspecified atom stereocenters. The predicted molar refractivity (Wildman–Crippen MR) is 102 cm³/mol. The summed E-state index contributed by atoms with van der Waals surface area (Å²) in [7, 11) is 0. The number of fused-ring (bicyclic) bond motifs is 1. The summed E-state index contributed by atoms with van der Waals surface area (Å²) in [5.74, 6) is 0.849. The first kappa shape index (κ1) is 17.4. The number of hydrogen-bond acceptors (Lipinski definition) is 3. The van der Waals surface area contributed by atoms with Gasteiger partial charge in [0.1, 0.15) is 17.9 Å². The van der Waals surface area contributed by atoms with Crippen LogP contribution in [0.3, 0.4) is 0 Å². The Bertz CT molecular complexity index is 958. The average Bonchev–Trinajstić information content (AvgIpc) is 3.22. The number of nitrogens with zero attached hydrogens (tertiary/aromatic N) is 3. The lowest BCUT2D eigenvalue weighted by molar-refractivity contribution is -0.131. The predicted octanol–water partition coefficient (Wildman–Crippen LogP) is 2.92. The van der Waals surface area contributed by atoms with Crippen LogP contribution < -0.4 is 0 Å². The number of para-hydroxylation sites is 1. The van der Waals surface area contributed by atoms with Crippen molar-refractivity contribution in [3.05, 3.63) is 60.1 Å². The molecule has 0 bridgehead atoms. The summed E-state index contributed by atoms with van der Waals surface area (Å²) in [4.78, 5) is 29.3. The second-order valence-corrected chi connectivity index (χ2v) is 6.96. The largest absolute Gasteiger partial charge is 0.461 e. The molecule has 0 aliphatic carbocycles. The van der Waals surface area contributed by atoms with Crippen molar-refractivity contribution in [1.82, 2.24) is 14.4 Å². The van der Waals surface area contributed by atoms with Gasteiger partial charge in [-0.15, -0.1) is 0 Å². The van der Waals surface area contributed by atoms with E-state index in [0.717, 1.165) is 17.6 Å². The number of carbonyl (C=O) groups is 2. The van der Waals surface area contributed by atoms with Crippen molar-refractivity contribution in [2.24, 2.45) is 0 Å². The fourth-order valence-electron chi connectivity index (χ4n) is 3.63. The van der Waals surface area contributed by atoms with Gasteiger partial charge in [0.15, 0.2) is 0 Å². The number of benzene rings is 1. The van der Waals surface area contributed by atoms with Crippen LogP contribution in [0, 0.1) is 6.92 Å². The maximum absolute atomic E-state index is 13.1. The van der Waals surface area contributed by atoms with E-state index >= 15 is 0 Å². The lowest BCUT2D eigenvalue weighted by Gasteiger charge is -2.22. The first-order valence-electron chi connectivity index (χ1n) is 9.29. The number of carbonyl (C=O) groups excluding carboxylic acids is 2. The van der Waals surface area contributed by atoms with Crippen LogP contribution in [0.2, 0.25) is 0 Å². The van der Waals surface area contributed by atoms with Gasteiger partial charge in [-0.2, -0.15) is 0 Å². The molecule has 140 valence electrons. The number of furan rings is 1. The van der Waals surface area contributed by atoms with Crippen LogP contribution >= 0.6 is 0 Å². The SMILES string of the molecule is Cc1cc2cccc(C(=O)N3CCCN(C(=O)Cn4cccc4)CC3)c2o1. The molecule has 6 heteroatoms. The van der Waals surface area contributed by atoms with Gasteiger partial charge in [0, 0.05) is 44.0 Å². The minimum atomic E-state index is -0.0327. The second-order valence-electron chi connectivity index (χ2n) is 6.96. The molecular formula is C21H23N3O3. The number of aryl methyl sites for hydroxylation is 1. The highest BCUT2D eigenvalue weighted by atomic mass is 16.3. The number of hydrogen-bond donors (Lipinski definition) is 0. The van der Waals surface area contributed by atoms with Gasteiger partial charge in [-0.05, 0) is 37.6 Å². The van der Waals surface area contributed by atoms with Crippen LogP contribution in [0.4, 0.5) is 0 Å². The van der Waals surface area contributed by atoms with Crippen molar-refractivity contribution in [2.45, 2.75) is 19.9 Å². The van der Waals surface area contributed by atoms with Gasteiger partial charge in [-0.3, -0.25) is 9.59 Å². The van der Waals surface area contributed by atoms with E-state index in [1.165, 1.54) is 0 Å². The molecule has 27 heavy (non-hydrogen) atoms. The van der Waals surface area contributed by atoms with E-state index < -0.39 is 0 Å². The Hall–Kier alpha value is -3.02. The molecule has 0 saturated carbocycles. The first-order chi connectivity index (χ1) is 13.1. The molecule has 0 atom stereocenters. The molecule has 3 aromatic rings. The molecule has 2 amide bonds. The molecule has 1 aliphatic heterocycles. The van der Waals surface area contributed by atoms with Gasteiger partial charge in [-0.25, -0.2) is 0 Å². The third-order valence-electron chi connectivity index (χ3n) is 5.02. The molecule has 1 fully saturated rings. The summed E-state index contributed by atoms with van der Waals surface area (Å²) in [6.45, 7) is 4.63. The van der Waals surface area contributed by atoms with Gasteiger partial charge in [-0.1, -0.05) is 12.1 Å². The fraction of sp³-hybridized carbons (Fsp3) is 0.333. The fourth-order valence-corrected chi connectivity index (χ4v) is 3.63. The Morgan fingerprint density at radius 2 is 1.74 bits per heavy atom. The maximum Gasteiger partial charge on any atom is 0.257 e. The Morgan fingerprint density at radius 1 is 1.00 bits per heavy atom. The highest BCUT2D eigenvalue weighted by Gasteiger charge is 2.24. The minimum absolute atomic E-state index is 0.0327. The van der Waals surface area contributed by atoms with E-state index in [2.05, 4.69) is 0 Å².